The molecular formula is C18H22N4O2. The first-order chi connectivity index (χ1) is 11.6. The second-order valence-corrected chi connectivity index (χ2v) is 7.01. The number of amides is 1. The SMILES string of the molecule is Cc1ccc(NC(=O)Cc2noc(C3CC34CCNCC4)n2)cc1. The van der Waals surface area contributed by atoms with Gasteiger partial charge < -0.3 is 15.2 Å². The smallest absolute Gasteiger partial charge is 0.232 e. The molecule has 2 fully saturated rings. The fourth-order valence-corrected chi connectivity index (χ4v) is 3.64. The minimum Gasteiger partial charge on any atom is -0.339 e. The molecule has 1 atom stereocenters. The lowest BCUT2D eigenvalue weighted by atomic mass is 9.92. The summed E-state index contributed by atoms with van der Waals surface area (Å²) < 4.78 is 5.42. The van der Waals surface area contributed by atoms with Crippen molar-refractivity contribution in [3.05, 3.63) is 41.5 Å². The molecule has 24 heavy (non-hydrogen) atoms. The Morgan fingerprint density at radius 2 is 2.08 bits per heavy atom. The number of benzene rings is 1. The molecule has 4 rings (SSSR count). The molecule has 1 aromatic heterocycles. The molecule has 126 valence electrons. The number of piperidine rings is 1. The summed E-state index contributed by atoms with van der Waals surface area (Å²) in [6, 6.07) is 7.71. The maximum atomic E-state index is 12.1. The predicted octanol–water partition coefficient (Wildman–Crippen LogP) is 2.42. The Bertz CT molecular complexity index is 732. The first kappa shape index (κ1) is 15.3. The maximum absolute atomic E-state index is 12.1. The van der Waals surface area contributed by atoms with E-state index in [9.17, 15) is 4.79 Å². The van der Waals surface area contributed by atoms with Crippen molar-refractivity contribution in [1.29, 1.82) is 0 Å². The molecule has 1 spiro atoms. The molecule has 1 saturated carbocycles. The topological polar surface area (TPSA) is 80.0 Å². The number of hydrogen-bond donors (Lipinski definition) is 2. The molecule has 1 amide bonds. The quantitative estimate of drug-likeness (QED) is 0.902. The molecule has 2 aromatic rings. The molecule has 1 aromatic carbocycles. The van der Waals surface area contributed by atoms with Crippen LogP contribution in [0.5, 0.6) is 0 Å². The van der Waals surface area contributed by atoms with Crippen LogP contribution < -0.4 is 10.6 Å². The van der Waals surface area contributed by atoms with E-state index >= 15 is 0 Å². The second kappa shape index (κ2) is 6.02. The van der Waals surface area contributed by atoms with Gasteiger partial charge in [-0.1, -0.05) is 22.9 Å². The standard InChI is InChI=1S/C18H22N4O2/c1-12-2-4-13(5-3-12)20-16(23)10-15-21-17(24-22-15)14-11-18(14)6-8-19-9-7-18/h2-5,14,19H,6-11H2,1H3,(H,20,23). The monoisotopic (exact) mass is 326 g/mol. The summed E-state index contributed by atoms with van der Waals surface area (Å²) in [5, 5.41) is 10.2. The van der Waals surface area contributed by atoms with Crippen molar-refractivity contribution in [2.75, 3.05) is 18.4 Å². The number of nitrogens with one attached hydrogen (secondary N) is 2. The molecular weight excluding hydrogens is 304 g/mol. The van der Waals surface area contributed by atoms with Crippen molar-refractivity contribution in [3.63, 3.8) is 0 Å². The van der Waals surface area contributed by atoms with Crippen LogP contribution in [0.25, 0.3) is 0 Å². The summed E-state index contributed by atoms with van der Waals surface area (Å²) in [5.41, 5.74) is 2.30. The summed E-state index contributed by atoms with van der Waals surface area (Å²) >= 11 is 0. The number of nitrogens with zero attached hydrogens (tertiary/aromatic N) is 2. The van der Waals surface area contributed by atoms with Gasteiger partial charge in [-0.3, -0.25) is 4.79 Å². The van der Waals surface area contributed by atoms with Crippen LogP contribution in [0, 0.1) is 12.3 Å². The average molecular weight is 326 g/mol. The first-order valence-electron chi connectivity index (χ1n) is 8.54. The van der Waals surface area contributed by atoms with Gasteiger partial charge in [-0.05, 0) is 56.8 Å². The highest BCUT2D eigenvalue weighted by atomic mass is 16.5. The Morgan fingerprint density at radius 1 is 1.33 bits per heavy atom. The van der Waals surface area contributed by atoms with Crippen molar-refractivity contribution in [1.82, 2.24) is 15.5 Å². The Hall–Kier alpha value is -2.21. The van der Waals surface area contributed by atoms with E-state index in [2.05, 4.69) is 20.8 Å². The van der Waals surface area contributed by atoms with Crippen LogP contribution in [0.2, 0.25) is 0 Å². The minimum atomic E-state index is -0.126. The van der Waals surface area contributed by atoms with E-state index in [-0.39, 0.29) is 12.3 Å². The van der Waals surface area contributed by atoms with Crippen LogP contribution >= 0.6 is 0 Å². The molecule has 2 aliphatic rings. The number of aromatic nitrogens is 2. The van der Waals surface area contributed by atoms with E-state index in [4.69, 9.17) is 4.52 Å². The van der Waals surface area contributed by atoms with Gasteiger partial charge in [0, 0.05) is 11.6 Å². The lowest BCUT2D eigenvalue weighted by Gasteiger charge is -2.22. The van der Waals surface area contributed by atoms with Crippen LogP contribution in [-0.2, 0) is 11.2 Å². The number of anilines is 1. The Balaban J connectivity index is 1.35. The fraction of sp³-hybridized carbons (Fsp3) is 0.500. The molecule has 1 aliphatic heterocycles. The average Bonchev–Trinajstić information content (AvgIpc) is 3.05. The Kier molecular flexibility index (Phi) is 3.84. The predicted molar refractivity (Wildman–Crippen MR) is 89.7 cm³/mol. The van der Waals surface area contributed by atoms with Crippen LogP contribution in [0.1, 0.15) is 42.5 Å². The normalized spacial score (nSPS) is 21.6. The third-order valence-electron chi connectivity index (χ3n) is 5.22. The lowest BCUT2D eigenvalue weighted by Crippen LogP contribution is -2.29. The van der Waals surface area contributed by atoms with E-state index in [0.29, 0.717) is 23.0 Å². The largest absolute Gasteiger partial charge is 0.339 e. The molecule has 6 nitrogen and oxygen atoms in total. The molecule has 1 aliphatic carbocycles. The zero-order valence-corrected chi connectivity index (χ0v) is 13.8. The van der Waals surface area contributed by atoms with E-state index < -0.39 is 0 Å². The molecule has 6 heteroatoms. The number of carbonyl (C=O) groups is 1. The van der Waals surface area contributed by atoms with Gasteiger partial charge in [0.25, 0.3) is 0 Å². The number of hydrogen-bond acceptors (Lipinski definition) is 5. The van der Waals surface area contributed by atoms with Crippen molar-refractivity contribution >= 4 is 11.6 Å². The minimum absolute atomic E-state index is 0.126. The summed E-state index contributed by atoms with van der Waals surface area (Å²) in [7, 11) is 0. The van der Waals surface area contributed by atoms with E-state index in [0.717, 1.165) is 30.8 Å². The van der Waals surface area contributed by atoms with Gasteiger partial charge in [0.2, 0.25) is 11.8 Å². The highest BCUT2D eigenvalue weighted by molar-refractivity contribution is 5.91. The number of aryl methyl sites for hydroxylation is 1. The molecule has 1 saturated heterocycles. The van der Waals surface area contributed by atoms with Crippen LogP contribution in [-0.4, -0.2) is 29.1 Å². The lowest BCUT2D eigenvalue weighted by molar-refractivity contribution is -0.115. The molecule has 2 heterocycles. The zero-order valence-electron chi connectivity index (χ0n) is 13.8. The van der Waals surface area contributed by atoms with Crippen molar-refractivity contribution in [2.24, 2.45) is 5.41 Å². The molecule has 1 unspecified atom stereocenters. The van der Waals surface area contributed by atoms with Gasteiger partial charge in [0.15, 0.2) is 5.82 Å². The van der Waals surface area contributed by atoms with Crippen LogP contribution in [0.3, 0.4) is 0 Å². The summed E-state index contributed by atoms with van der Waals surface area (Å²) in [6.07, 6.45) is 3.61. The fourth-order valence-electron chi connectivity index (χ4n) is 3.64. The Morgan fingerprint density at radius 3 is 2.83 bits per heavy atom. The van der Waals surface area contributed by atoms with E-state index in [1.165, 1.54) is 12.8 Å². The highest BCUT2D eigenvalue weighted by Crippen LogP contribution is 2.63. The van der Waals surface area contributed by atoms with Gasteiger partial charge in [-0.25, -0.2) is 0 Å². The molecule has 0 bridgehead atoms. The third kappa shape index (κ3) is 3.06. The van der Waals surface area contributed by atoms with Gasteiger partial charge in [-0.15, -0.1) is 0 Å². The van der Waals surface area contributed by atoms with Gasteiger partial charge in [0.05, 0.1) is 6.42 Å². The number of carbonyl (C=O) groups excluding carboxylic acids is 1. The van der Waals surface area contributed by atoms with Gasteiger partial charge in [-0.2, -0.15) is 4.98 Å². The highest BCUT2D eigenvalue weighted by Gasteiger charge is 2.57. The van der Waals surface area contributed by atoms with Gasteiger partial charge >= 0.3 is 0 Å². The molecule has 0 radical (unpaired) electrons. The van der Waals surface area contributed by atoms with Gasteiger partial charge in [0.1, 0.15) is 0 Å². The van der Waals surface area contributed by atoms with Crippen molar-refractivity contribution in [2.45, 2.75) is 38.5 Å². The molecule has 2 N–H and O–H groups in total. The maximum Gasteiger partial charge on any atom is 0.232 e. The third-order valence-corrected chi connectivity index (χ3v) is 5.22. The summed E-state index contributed by atoms with van der Waals surface area (Å²) in [6.45, 7) is 4.15. The first-order valence-corrected chi connectivity index (χ1v) is 8.54. The van der Waals surface area contributed by atoms with Crippen LogP contribution in [0.4, 0.5) is 5.69 Å². The van der Waals surface area contributed by atoms with Crippen LogP contribution in [0.15, 0.2) is 28.8 Å². The van der Waals surface area contributed by atoms with E-state index in [1.54, 1.807) is 0 Å². The van der Waals surface area contributed by atoms with Crippen molar-refractivity contribution in [3.8, 4) is 0 Å². The van der Waals surface area contributed by atoms with E-state index in [1.807, 2.05) is 31.2 Å². The summed E-state index contributed by atoms with van der Waals surface area (Å²) in [4.78, 5) is 16.6. The zero-order chi connectivity index (χ0) is 16.6. The van der Waals surface area contributed by atoms with Crippen molar-refractivity contribution < 1.29 is 9.32 Å². The Labute approximate surface area is 141 Å². The summed E-state index contributed by atoms with van der Waals surface area (Å²) in [5.74, 6) is 1.42. The number of rotatable bonds is 4. The second-order valence-electron chi connectivity index (χ2n) is 7.01.